The maximum atomic E-state index is 12.1. The first-order valence-electron chi connectivity index (χ1n) is 7.17. The van der Waals surface area contributed by atoms with Gasteiger partial charge in [0.1, 0.15) is 0 Å². The van der Waals surface area contributed by atoms with Gasteiger partial charge in [0.2, 0.25) is 0 Å². The number of urea groups is 1. The number of hydrogen-bond donors (Lipinski definition) is 2. The van der Waals surface area contributed by atoms with Gasteiger partial charge in [0.25, 0.3) is 0 Å². The van der Waals surface area contributed by atoms with Gasteiger partial charge in [-0.25, -0.2) is 4.79 Å². The van der Waals surface area contributed by atoms with Crippen molar-refractivity contribution in [1.82, 2.24) is 10.2 Å². The zero-order valence-corrected chi connectivity index (χ0v) is 11.9. The van der Waals surface area contributed by atoms with E-state index in [-0.39, 0.29) is 11.4 Å². The average molecular weight is 268 g/mol. The van der Waals surface area contributed by atoms with Crippen molar-refractivity contribution in [3.05, 3.63) is 0 Å². The van der Waals surface area contributed by atoms with Crippen LogP contribution in [0.1, 0.15) is 46.0 Å². The first kappa shape index (κ1) is 14.2. The highest BCUT2D eigenvalue weighted by molar-refractivity contribution is 5.79. The van der Waals surface area contributed by atoms with Gasteiger partial charge in [-0.1, -0.05) is 20.3 Å². The van der Waals surface area contributed by atoms with Crippen molar-refractivity contribution in [2.24, 2.45) is 10.8 Å². The Morgan fingerprint density at radius 3 is 2.42 bits per heavy atom. The molecule has 5 heteroatoms. The monoisotopic (exact) mass is 268 g/mol. The van der Waals surface area contributed by atoms with Crippen molar-refractivity contribution < 1.29 is 14.7 Å². The molecule has 1 aliphatic carbocycles. The first-order chi connectivity index (χ1) is 8.91. The van der Waals surface area contributed by atoms with Gasteiger partial charge < -0.3 is 15.3 Å². The zero-order valence-electron chi connectivity index (χ0n) is 11.9. The highest BCUT2D eigenvalue weighted by atomic mass is 16.4. The smallest absolute Gasteiger partial charge is 0.317 e. The molecule has 1 atom stereocenters. The van der Waals surface area contributed by atoms with Crippen LogP contribution in [-0.4, -0.2) is 41.6 Å². The van der Waals surface area contributed by atoms with E-state index in [1.54, 1.807) is 4.90 Å². The highest BCUT2D eigenvalue weighted by Crippen LogP contribution is 2.39. The molecule has 0 radical (unpaired) electrons. The van der Waals surface area contributed by atoms with Crippen molar-refractivity contribution >= 4 is 12.0 Å². The molecule has 2 aliphatic rings. The maximum Gasteiger partial charge on any atom is 0.317 e. The standard InChI is InChI=1S/C14H24N2O3/c1-3-14(11(17)18)7-8-16(10-14)12(19)15-9-13(2)5-4-6-13/h3-10H2,1-2H3,(H,15,19)(H,17,18). The molecule has 2 fully saturated rings. The number of carboxylic acids is 1. The van der Waals surface area contributed by atoms with Crippen LogP contribution in [0.4, 0.5) is 4.79 Å². The molecular formula is C14H24N2O3. The molecule has 1 aliphatic heterocycles. The second-order valence-corrected chi connectivity index (χ2v) is 6.43. The molecular weight excluding hydrogens is 244 g/mol. The molecule has 1 heterocycles. The van der Waals surface area contributed by atoms with Gasteiger partial charge in [-0.15, -0.1) is 0 Å². The molecule has 2 N–H and O–H groups in total. The fraction of sp³-hybridized carbons (Fsp3) is 0.857. The van der Waals surface area contributed by atoms with Crippen molar-refractivity contribution in [2.45, 2.75) is 46.0 Å². The summed E-state index contributed by atoms with van der Waals surface area (Å²) < 4.78 is 0. The Hall–Kier alpha value is -1.26. The second kappa shape index (κ2) is 5.02. The van der Waals surface area contributed by atoms with Crippen LogP contribution in [0.5, 0.6) is 0 Å². The third kappa shape index (κ3) is 2.69. The normalized spacial score (nSPS) is 28.8. The van der Waals surface area contributed by atoms with Gasteiger partial charge in [-0.2, -0.15) is 0 Å². The minimum Gasteiger partial charge on any atom is -0.481 e. The minimum absolute atomic E-state index is 0.107. The van der Waals surface area contributed by atoms with E-state index in [1.807, 2.05) is 6.92 Å². The fourth-order valence-corrected chi connectivity index (χ4v) is 3.02. The molecule has 108 valence electrons. The Balaban J connectivity index is 1.86. The SMILES string of the molecule is CCC1(C(=O)O)CCN(C(=O)NCC2(C)CCC2)C1. The Labute approximate surface area is 114 Å². The van der Waals surface area contributed by atoms with E-state index >= 15 is 0 Å². The van der Waals surface area contributed by atoms with Crippen LogP contribution in [-0.2, 0) is 4.79 Å². The van der Waals surface area contributed by atoms with Gasteiger partial charge in [-0.05, 0) is 31.1 Å². The first-order valence-corrected chi connectivity index (χ1v) is 7.17. The fourth-order valence-electron chi connectivity index (χ4n) is 3.02. The number of rotatable bonds is 4. The average Bonchev–Trinajstić information content (AvgIpc) is 2.79. The van der Waals surface area contributed by atoms with Crippen LogP contribution in [0.3, 0.4) is 0 Å². The molecule has 0 aromatic rings. The summed E-state index contributed by atoms with van der Waals surface area (Å²) in [5.74, 6) is -0.781. The molecule has 2 rings (SSSR count). The maximum absolute atomic E-state index is 12.1. The predicted molar refractivity (Wildman–Crippen MR) is 71.9 cm³/mol. The predicted octanol–water partition coefficient (Wildman–Crippen LogP) is 2.07. The summed E-state index contributed by atoms with van der Waals surface area (Å²) in [6.07, 6.45) is 4.71. The zero-order chi connectivity index (χ0) is 14.1. The number of carbonyl (C=O) groups excluding carboxylic acids is 1. The minimum atomic E-state index is -0.781. The summed E-state index contributed by atoms with van der Waals surface area (Å²) in [7, 11) is 0. The molecule has 0 bridgehead atoms. The molecule has 2 amide bonds. The quantitative estimate of drug-likeness (QED) is 0.820. The lowest BCUT2D eigenvalue weighted by molar-refractivity contribution is -0.148. The lowest BCUT2D eigenvalue weighted by atomic mass is 9.70. The lowest BCUT2D eigenvalue weighted by Crippen LogP contribution is -2.46. The number of carbonyl (C=O) groups is 2. The van der Waals surface area contributed by atoms with E-state index in [1.165, 1.54) is 19.3 Å². The largest absolute Gasteiger partial charge is 0.481 e. The van der Waals surface area contributed by atoms with Gasteiger partial charge in [0.05, 0.1) is 5.41 Å². The highest BCUT2D eigenvalue weighted by Gasteiger charge is 2.45. The van der Waals surface area contributed by atoms with Gasteiger partial charge in [-0.3, -0.25) is 4.79 Å². The van der Waals surface area contributed by atoms with Crippen LogP contribution < -0.4 is 5.32 Å². The summed E-state index contributed by atoms with van der Waals surface area (Å²) >= 11 is 0. The molecule has 5 nitrogen and oxygen atoms in total. The summed E-state index contributed by atoms with van der Waals surface area (Å²) in [5.41, 5.74) is -0.484. The summed E-state index contributed by atoms with van der Waals surface area (Å²) in [5, 5.41) is 12.3. The van der Waals surface area contributed by atoms with Crippen molar-refractivity contribution in [2.75, 3.05) is 19.6 Å². The van der Waals surface area contributed by atoms with Crippen molar-refractivity contribution in [3.8, 4) is 0 Å². The Kier molecular flexibility index (Phi) is 3.74. The molecule has 1 saturated heterocycles. The van der Waals surface area contributed by atoms with Gasteiger partial charge in [0, 0.05) is 19.6 Å². The summed E-state index contributed by atoms with van der Waals surface area (Å²) in [6.45, 7) is 5.65. The molecule has 19 heavy (non-hydrogen) atoms. The molecule has 1 unspecified atom stereocenters. The molecule has 0 aromatic carbocycles. The Morgan fingerprint density at radius 1 is 1.32 bits per heavy atom. The van der Waals surface area contributed by atoms with E-state index in [0.717, 1.165) is 0 Å². The number of nitrogens with zero attached hydrogens (tertiary/aromatic N) is 1. The summed E-state index contributed by atoms with van der Waals surface area (Å²) in [4.78, 5) is 25.1. The number of carboxylic acid groups (broad SMARTS) is 1. The third-order valence-electron chi connectivity index (χ3n) is 5.00. The second-order valence-electron chi connectivity index (χ2n) is 6.43. The van der Waals surface area contributed by atoms with Crippen molar-refractivity contribution in [1.29, 1.82) is 0 Å². The number of hydrogen-bond acceptors (Lipinski definition) is 2. The number of nitrogens with one attached hydrogen (secondary N) is 1. The third-order valence-corrected chi connectivity index (χ3v) is 5.00. The number of likely N-dealkylation sites (tertiary alicyclic amines) is 1. The van der Waals surface area contributed by atoms with Gasteiger partial charge >= 0.3 is 12.0 Å². The van der Waals surface area contributed by atoms with Crippen LogP contribution in [0.15, 0.2) is 0 Å². The molecule has 1 saturated carbocycles. The molecule has 0 spiro atoms. The Bertz CT molecular complexity index is 379. The number of amides is 2. The van der Waals surface area contributed by atoms with Crippen LogP contribution in [0.25, 0.3) is 0 Å². The van der Waals surface area contributed by atoms with Crippen LogP contribution >= 0.6 is 0 Å². The van der Waals surface area contributed by atoms with Crippen LogP contribution in [0.2, 0.25) is 0 Å². The lowest BCUT2D eigenvalue weighted by Gasteiger charge is -2.38. The van der Waals surface area contributed by atoms with Gasteiger partial charge in [0.15, 0.2) is 0 Å². The van der Waals surface area contributed by atoms with E-state index in [4.69, 9.17) is 0 Å². The number of aliphatic carboxylic acids is 1. The van der Waals surface area contributed by atoms with Crippen molar-refractivity contribution in [3.63, 3.8) is 0 Å². The van der Waals surface area contributed by atoms with E-state index < -0.39 is 11.4 Å². The topological polar surface area (TPSA) is 69.6 Å². The Morgan fingerprint density at radius 2 is 2.00 bits per heavy atom. The van der Waals surface area contributed by atoms with E-state index in [0.29, 0.717) is 32.5 Å². The summed E-state index contributed by atoms with van der Waals surface area (Å²) in [6, 6.07) is -0.107. The van der Waals surface area contributed by atoms with Crippen LogP contribution in [0, 0.1) is 10.8 Å². The van der Waals surface area contributed by atoms with E-state index in [2.05, 4.69) is 12.2 Å². The van der Waals surface area contributed by atoms with E-state index in [9.17, 15) is 14.7 Å². The molecule has 0 aromatic heterocycles.